The van der Waals surface area contributed by atoms with Crippen molar-refractivity contribution in [2.45, 2.75) is 13.8 Å². The van der Waals surface area contributed by atoms with E-state index in [9.17, 15) is 19.7 Å². The summed E-state index contributed by atoms with van der Waals surface area (Å²) < 4.78 is 0. The van der Waals surface area contributed by atoms with Crippen LogP contribution in [0.5, 0.6) is 0 Å². The quantitative estimate of drug-likeness (QED) is 0.653. The summed E-state index contributed by atoms with van der Waals surface area (Å²) in [5, 5.41) is 19.7. The molecule has 1 N–H and O–H groups in total. The molecule has 7 heteroatoms. The number of nitrogens with zero attached hydrogens (tertiary/aromatic N) is 2. The average Bonchev–Trinajstić information content (AvgIpc) is 2.37. The molecule has 20 heavy (non-hydrogen) atoms. The predicted octanol–water partition coefficient (Wildman–Crippen LogP) is 1.70. The van der Waals surface area contributed by atoms with E-state index in [0.29, 0.717) is 0 Å². The van der Waals surface area contributed by atoms with E-state index in [1.54, 1.807) is 0 Å². The third kappa shape index (κ3) is 3.31. The van der Waals surface area contributed by atoms with Gasteiger partial charge in [-0.25, -0.2) is 0 Å². The largest absolute Gasteiger partial charge is 0.481 e. The van der Waals surface area contributed by atoms with E-state index >= 15 is 0 Å². The third-order valence-corrected chi connectivity index (χ3v) is 3.05. The number of nitro groups is 1. The van der Waals surface area contributed by atoms with Gasteiger partial charge in [0.05, 0.1) is 10.8 Å². The molecular weight excluding hydrogens is 264 g/mol. The van der Waals surface area contributed by atoms with E-state index < -0.39 is 22.7 Å². The Labute approximate surface area is 116 Å². The van der Waals surface area contributed by atoms with Crippen LogP contribution in [-0.2, 0) is 4.79 Å². The SMILES string of the molecule is Cc1c(C(=O)N(C)CC(C)C(=O)O)cccc1[N+](=O)[O-]. The summed E-state index contributed by atoms with van der Waals surface area (Å²) in [6.07, 6.45) is 0. The number of aliphatic carboxylic acids is 1. The van der Waals surface area contributed by atoms with Gasteiger partial charge in [-0.3, -0.25) is 19.7 Å². The zero-order valence-electron chi connectivity index (χ0n) is 11.5. The molecule has 1 rings (SSSR count). The highest BCUT2D eigenvalue weighted by Gasteiger charge is 2.22. The smallest absolute Gasteiger partial charge is 0.308 e. The topological polar surface area (TPSA) is 101 Å². The first-order valence-electron chi connectivity index (χ1n) is 5.98. The van der Waals surface area contributed by atoms with Crippen molar-refractivity contribution in [1.29, 1.82) is 0 Å². The van der Waals surface area contributed by atoms with Crippen LogP contribution in [0.15, 0.2) is 18.2 Å². The highest BCUT2D eigenvalue weighted by atomic mass is 16.6. The Morgan fingerprint density at radius 3 is 2.55 bits per heavy atom. The fraction of sp³-hybridized carbons (Fsp3) is 0.385. The molecule has 1 aromatic carbocycles. The number of hydrogen-bond donors (Lipinski definition) is 1. The molecule has 1 unspecified atom stereocenters. The Morgan fingerprint density at radius 2 is 2.05 bits per heavy atom. The minimum Gasteiger partial charge on any atom is -0.481 e. The summed E-state index contributed by atoms with van der Waals surface area (Å²) in [6.45, 7) is 3.03. The lowest BCUT2D eigenvalue weighted by atomic mass is 10.0. The number of carbonyl (C=O) groups excluding carboxylic acids is 1. The Balaban J connectivity index is 3.01. The maximum atomic E-state index is 12.2. The summed E-state index contributed by atoms with van der Waals surface area (Å²) in [5.74, 6) is -2.14. The second-order valence-corrected chi connectivity index (χ2v) is 4.63. The van der Waals surface area contributed by atoms with Crippen molar-refractivity contribution in [3.63, 3.8) is 0 Å². The number of carboxylic acids is 1. The van der Waals surface area contributed by atoms with E-state index in [2.05, 4.69) is 0 Å². The summed E-state index contributed by atoms with van der Waals surface area (Å²) >= 11 is 0. The molecule has 0 aliphatic carbocycles. The van der Waals surface area contributed by atoms with E-state index in [0.717, 1.165) is 0 Å². The number of nitro benzene ring substituents is 1. The maximum absolute atomic E-state index is 12.2. The molecule has 0 aromatic heterocycles. The molecule has 0 saturated heterocycles. The van der Waals surface area contributed by atoms with Crippen LogP contribution < -0.4 is 0 Å². The zero-order chi connectivity index (χ0) is 15.4. The number of rotatable bonds is 5. The molecule has 1 amide bonds. The van der Waals surface area contributed by atoms with Crippen LogP contribution in [0.25, 0.3) is 0 Å². The summed E-state index contributed by atoms with van der Waals surface area (Å²) in [5.41, 5.74) is 0.354. The first-order valence-corrected chi connectivity index (χ1v) is 5.98. The van der Waals surface area contributed by atoms with Crippen molar-refractivity contribution in [2.75, 3.05) is 13.6 Å². The molecule has 1 aromatic rings. The highest BCUT2D eigenvalue weighted by Crippen LogP contribution is 2.22. The van der Waals surface area contributed by atoms with Crippen LogP contribution >= 0.6 is 0 Å². The number of carbonyl (C=O) groups is 2. The third-order valence-electron chi connectivity index (χ3n) is 3.05. The van der Waals surface area contributed by atoms with Crippen LogP contribution in [0.3, 0.4) is 0 Å². The summed E-state index contributed by atoms with van der Waals surface area (Å²) in [7, 11) is 1.47. The number of hydrogen-bond acceptors (Lipinski definition) is 4. The monoisotopic (exact) mass is 280 g/mol. The molecule has 108 valence electrons. The van der Waals surface area contributed by atoms with Gasteiger partial charge in [0.25, 0.3) is 11.6 Å². The van der Waals surface area contributed by atoms with E-state index in [1.165, 1.54) is 44.0 Å². The minimum atomic E-state index is -1.000. The van der Waals surface area contributed by atoms with Crippen molar-refractivity contribution >= 4 is 17.6 Å². The Hall–Kier alpha value is -2.44. The normalized spacial score (nSPS) is 11.8. The lowest BCUT2D eigenvalue weighted by Crippen LogP contribution is -2.34. The van der Waals surface area contributed by atoms with Gasteiger partial charge in [-0.05, 0) is 13.0 Å². The van der Waals surface area contributed by atoms with Crippen molar-refractivity contribution < 1.29 is 19.6 Å². The van der Waals surface area contributed by atoms with Crippen molar-refractivity contribution in [3.05, 3.63) is 39.4 Å². The Morgan fingerprint density at radius 1 is 1.45 bits per heavy atom. The number of amides is 1. The van der Waals surface area contributed by atoms with E-state index in [1.807, 2.05) is 0 Å². The molecule has 7 nitrogen and oxygen atoms in total. The molecule has 0 aliphatic heterocycles. The number of benzene rings is 1. The lowest BCUT2D eigenvalue weighted by Gasteiger charge is -2.20. The molecule has 0 radical (unpaired) electrons. The van der Waals surface area contributed by atoms with Crippen LogP contribution in [0.2, 0.25) is 0 Å². The van der Waals surface area contributed by atoms with Gasteiger partial charge >= 0.3 is 5.97 Å². The van der Waals surface area contributed by atoms with E-state index in [4.69, 9.17) is 5.11 Å². The van der Waals surface area contributed by atoms with Crippen LogP contribution in [0.4, 0.5) is 5.69 Å². The summed E-state index contributed by atoms with van der Waals surface area (Å²) in [6, 6.07) is 4.26. The molecule has 0 bridgehead atoms. The molecule has 0 spiro atoms. The van der Waals surface area contributed by atoms with Gasteiger partial charge in [0, 0.05) is 30.8 Å². The first kappa shape index (κ1) is 15.6. The van der Waals surface area contributed by atoms with Gasteiger partial charge in [-0.15, -0.1) is 0 Å². The minimum absolute atomic E-state index is 0.0380. The number of carboxylic acid groups (broad SMARTS) is 1. The Kier molecular flexibility index (Phi) is 4.79. The maximum Gasteiger partial charge on any atom is 0.308 e. The van der Waals surface area contributed by atoms with Gasteiger partial charge in [0.1, 0.15) is 0 Å². The van der Waals surface area contributed by atoms with Gasteiger partial charge in [-0.1, -0.05) is 13.0 Å². The average molecular weight is 280 g/mol. The molecule has 1 atom stereocenters. The van der Waals surface area contributed by atoms with E-state index in [-0.39, 0.29) is 23.4 Å². The molecule has 0 saturated carbocycles. The van der Waals surface area contributed by atoms with Crippen LogP contribution in [0.1, 0.15) is 22.8 Å². The lowest BCUT2D eigenvalue weighted by molar-refractivity contribution is -0.385. The van der Waals surface area contributed by atoms with Gasteiger partial charge in [-0.2, -0.15) is 0 Å². The standard InChI is InChI=1S/C13H16N2O5/c1-8(13(17)18)7-14(3)12(16)10-5-4-6-11(9(10)2)15(19)20/h4-6,8H,7H2,1-3H3,(H,17,18). The molecule has 0 fully saturated rings. The molecule has 0 heterocycles. The molecular formula is C13H16N2O5. The zero-order valence-corrected chi connectivity index (χ0v) is 11.5. The highest BCUT2D eigenvalue weighted by molar-refractivity contribution is 5.96. The fourth-order valence-electron chi connectivity index (χ4n) is 1.83. The first-order chi connectivity index (χ1) is 9.25. The van der Waals surface area contributed by atoms with Crippen molar-refractivity contribution in [1.82, 2.24) is 4.90 Å². The van der Waals surface area contributed by atoms with Gasteiger partial charge in [0.15, 0.2) is 0 Å². The van der Waals surface area contributed by atoms with Crippen molar-refractivity contribution in [3.8, 4) is 0 Å². The Bertz CT molecular complexity index is 556. The second kappa shape index (κ2) is 6.14. The predicted molar refractivity (Wildman–Crippen MR) is 71.6 cm³/mol. The van der Waals surface area contributed by atoms with Crippen molar-refractivity contribution in [2.24, 2.45) is 5.92 Å². The fourth-order valence-corrected chi connectivity index (χ4v) is 1.83. The molecule has 0 aliphatic rings. The summed E-state index contributed by atoms with van der Waals surface area (Å²) in [4.78, 5) is 34.5. The second-order valence-electron chi connectivity index (χ2n) is 4.63. The van der Waals surface area contributed by atoms with Gasteiger partial charge < -0.3 is 10.0 Å². The van der Waals surface area contributed by atoms with Crippen LogP contribution in [0, 0.1) is 23.0 Å². The van der Waals surface area contributed by atoms with Gasteiger partial charge in [0.2, 0.25) is 0 Å². The van der Waals surface area contributed by atoms with Crippen LogP contribution in [-0.4, -0.2) is 40.4 Å².